The molecule has 3 aromatic heterocycles. The maximum atomic E-state index is 13.7. The van der Waals surface area contributed by atoms with Gasteiger partial charge in [-0.15, -0.1) is 22.7 Å². The number of benzene rings is 1. The molecule has 0 saturated carbocycles. The summed E-state index contributed by atoms with van der Waals surface area (Å²) in [5.41, 5.74) is 0.955. The lowest BCUT2D eigenvalue weighted by molar-refractivity contribution is -0.135. The van der Waals surface area contributed by atoms with Crippen molar-refractivity contribution in [1.29, 1.82) is 0 Å². The number of hydrogen-bond donors (Lipinski definition) is 1. The molecule has 1 aromatic carbocycles. The van der Waals surface area contributed by atoms with Crippen LogP contribution in [0.4, 0.5) is 0 Å². The summed E-state index contributed by atoms with van der Waals surface area (Å²) in [4.78, 5) is 17.7. The normalized spacial score (nSPS) is 11.9. The average Bonchev–Trinajstić information content (AvgIpc) is 3.55. The molecule has 0 aliphatic rings. The van der Waals surface area contributed by atoms with Crippen LogP contribution in [0.3, 0.4) is 0 Å². The number of rotatable bonds is 8. The van der Waals surface area contributed by atoms with Crippen LogP contribution in [0, 0.1) is 4.77 Å². The van der Waals surface area contributed by atoms with Gasteiger partial charge in [-0.25, -0.2) is 0 Å². The number of H-pyrrole nitrogens is 1. The summed E-state index contributed by atoms with van der Waals surface area (Å²) < 4.78 is 7.74. The van der Waals surface area contributed by atoms with E-state index in [1.54, 1.807) is 34.4 Å². The highest BCUT2D eigenvalue weighted by Gasteiger charge is 2.27. The van der Waals surface area contributed by atoms with Crippen molar-refractivity contribution in [1.82, 2.24) is 19.7 Å². The molecule has 0 bridgehead atoms. The highest BCUT2D eigenvalue weighted by molar-refractivity contribution is 7.71. The summed E-state index contributed by atoms with van der Waals surface area (Å²) in [5.74, 6) is 1.40. The van der Waals surface area contributed by atoms with Crippen molar-refractivity contribution in [3.63, 3.8) is 0 Å². The predicted molar refractivity (Wildman–Crippen MR) is 127 cm³/mol. The largest absolute Gasteiger partial charge is 0.496 e. The van der Waals surface area contributed by atoms with Gasteiger partial charge in [0.1, 0.15) is 11.8 Å². The summed E-state index contributed by atoms with van der Waals surface area (Å²) in [6, 6.07) is 15.2. The van der Waals surface area contributed by atoms with Crippen LogP contribution in [-0.4, -0.2) is 32.7 Å². The van der Waals surface area contributed by atoms with Gasteiger partial charge in [-0.1, -0.05) is 30.3 Å². The Morgan fingerprint density at radius 2 is 1.94 bits per heavy atom. The Kier molecular flexibility index (Phi) is 6.64. The van der Waals surface area contributed by atoms with Crippen molar-refractivity contribution in [2.45, 2.75) is 26.1 Å². The van der Waals surface area contributed by atoms with Crippen LogP contribution in [-0.2, 0) is 17.9 Å². The Bertz CT molecular complexity index is 1200. The molecule has 1 atom stereocenters. The second kappa shape index (κ2) is 9.59. The zero-order valence-corrected chi connectivity index (χ0v) is 19.6. The Hall–Kier alpha value is -2.75. The van der Waals surface area contributed by atoms with E-state index in [4.69, 9.17) is 17.0 Å². The Balaban J connectivity index is 1.67. The van der Waals surface area contributed by atoms with Gasteiger partial charge in [0.25, 0.3) is 0 Å². The third kappa shape index (κ3) is 4.63. The van der Waals surface area contributed by atoms with Gasteiger partial charge in [0.2, 0.25) is 5.91 Å². The first-order valence-corrected chi connectivity index (χ1v) is 11.9. The van der Waals surface area contributed by atoms with Gasteiger partial charge in [0, 0.05) is 17.0 Å². The molecule has 0 aliphatic carbocycles. The summed E-state index contributed by atoms with van der Waals surface area (Å²) in [6.07, 6.45) is 0. The highest BCUT2D eigenvalue weighted by Crippen LogP contribution is 2.28. The fourth-order valence-electron chi connectivity index (χ4n) is 3.46. The van der Waals surface area contributed by atoms with Gasteiger partial charge in [0.15, 0.2) is 10.6 Å². The van der Waals surface area contributed by atoms with Crippen LogP contribution in [0.25, 0.3) is 10.7 Å². The number of methoxy groups -OCH3 is 1. The number of ether oxygens (including phenoxy) is 1. The van der Waals surface area contributed by atoms with Crippen LogP contribution in [0.1, 0.15) is 23.4 Å². The number of hydrogen-bond acceptors (Lipinski definition) is 6. The van der Waals surface area contributed by atoms with Gasteiger partial charge in [-0.2, -0.15) is 5.10 Å². The molecule has 0 spiro atoms. The minimum atomic E-state index is -0.516. The predicted octanol–water partition coefficient (Wildman–Crippen LogP) is 5.53. The monoisotopic (exact) mass is 470 g/mol. The molecule has 1 N–H and O–H groups in total. The maximum absolute atomic E-state index is 13.7. The number of aromatic amines is 1. The second-order valence-electron chi connectivity index (χ2n) is 6.96. The molecule has 0 radical (unpaired) electrons. The van der Waals surface area contributed by atoms with E-state index >= 15 is 0 Å². The van der Waals surface area contributed by atoms with E-state index in [2.05, 4.69) is 10.2 Å². The van der Waals surface area contributed by atoms with Gasteiger partial charge < -0.3 is 9.64 Å². The van der Waals surface area contributed by atoms with Crippen molar-refractivity contribution in [2.75, 3.05) is 7.11 Å². The number of carbonyl (C=O) groups is 1. The van der Waals surface area contributed by atoms with Gasteiger partial charge in [0.05, 0.1) is 18.5 Å². The lowest BCUT2D eigenvalue weighted by atomic mass is 10.1. The fraction of sp³-hybridized carbons (Fsp3) is 0.227. The Morgan fingerprint density at radius 1 is 1.16 bits per heavy atom. The molecule has 0 saturated heterocycles. The first kappa shape index (κ1) is 21.5. The number of carbonyl (C=O) groups excluding carboxylic acids is 1. The number of nitrogens with one attached hydrogen (secondary N) is 1. The van der Waals surface area contributed by atoms with Gasteiger partial charge in [-0.3, -0.25) is 14.5 Å². The molecule has 3 heterocycles. The first-order valence-electron chi connectivity index (χ1n) is 9.72. The third-order valence-corrected chi connectivity index (χ3v) is 7.00. The number of nitrogens with zero attached hydrogens (tertiary/aromatic N) is 3. The van der Waals surface area contributed by atoms with E-state index in [1.165, 1.54) is 0 Å². The van der Waals surface area contributed by atoms with E-state index in [-0.39, 0.29) is 5.91 Å². The molecule has 0 aliphatic heterocycles. The molecule has 9 heteroatoms. The maximum Gasteiger partial charge on any atom is 0.246 e. The van der Waals surface area contributed by atoms with Crippen molar-refractivity contribution in [3.8, 4) is 16.5 Å². The topological polar surface area (TPSA) is 63.1 Å². The lowest BCUT2D eigenvalue weighted by Crippen LogP contribution is -2.35. The van der Waals surface area contributed by atoms with E-state index in [0.29, 0.717) is 23.7 Å². The number of aromatic nitrogens is 3. The molecule has 1 unspecified atom stereocenters. The second-order valence-corrected chi connectivity index (χ2v) is 9.33. The molecule has 4 rings (SSSR count). The summed E-state index contributed by atoms with van der Waals surface area (Å²) >= 11 is 8.67. The van der Waals surface area contributed by atoms with Crippen LogP contribution in [0.5, 0.6) is 5.75 Å². The standard InChI is InChI=1S/C22H22N4O2S3/c1-15(26-20(23-24-22(26)29)19-10-6-12-31-19)21(27)25(14-17-8-5-11-30-17)13-16-7-3-4-9-18(16)28-2/h3-12,15H,13-14H2,1-2H3,(H,24,29). The third-order valence-electron chi connectivity index (χ3n) is 4.98. The van der Waals surface area contributed by atoms with Crippen molar-refractivity contribution in [3.05, 3.63) is 74.5 Å². The SMILES string of the molecule is COc1ccccc1CN(Cc1cccs1)C(=O)C(C)n1c(-c2cccs2)n[nH]c1=S. The summed E-state index contributed by atoms with van der Waals surface area (Å²) in [7, 11) is 1.64. The number of para-hydroxylation sites is 1. The van der Waals surface area contributed by atoms with Crippen LogP contribution in [0.15, 0.2) is 59.3 Å². The van der Waals surface area contributed by atoms with E-state index in [0.717, 1.165) is 21.1 Å². The average molecular weight is 471 g/mol. The molecular formula is C22H22N4O2S3. The molecule has 1 amide bonds. The smallest absolute Gasteiger partial charge is 0.246 e. The Labute approximate surface area is 193 Å². The molecule has 31 heavy (non-hydrogen) atoms. The van der Waals surface area contributed by atoms with Crippen LogP contribution in [0.2, 0.25) is 0 Å². The molecule has 0 fully saturated rings. The van der Waals surface area contributed by atoms with Crippen molar-refractivity contribution >= 4 is 40.8 Å². The molecule has 4 aromatic rings. The van der Waals surface area contributed by atoms with E-state index in [9.17, 15) is 4.79 Å². The van der Waals surface area contributed by atoms with Gasteiger partial charge >= 0.3 is 0 Å². The minimum Gasteiger partial charge on any atom is -0.496 e. The summed E-state index contributed by atoms with van der Waals surface area (Å²) in [6.45, 7) is 2.82. The first-order chi connectivity index (χ1) is 15.1. The zero-order valence-electron chi connectivity index (χ0n) is 17.1. The zero-order chi connectivity index (χ0) is 21.8. The van der Waals surface area contributed by atoms with E-state index < -0.39 is 6.04 Å². The number of thiophene rings is 2. The van der Waals surface area contributed by atoms with E-state index in [1.807, 2.05) is 71.1 Å². The lowest BCUT2D eigenvalue weighted by Gasteiger charge is -2.27. The molecule has 160 valence electrons. The fourth-order valence-corrected chi connectivity index (χ4v) is 5.18. The highest BCUT2D eigenvalue weighted by atomic mass is 32.1. The molecular weight excluding hydrogens is 448 g/mol. The van der Waals surface area contributed by atoms with Crippen LogP contribution < -0.4 is 4.74 Å². The quantitative estimate of drug-likeness (QED) is 0.344. The summed E-state index contributed by atoms with van der Waals surface area (Å²) in [5, 5.41) is 11.2. The van der Waals surface area contributed by atoms with Gasteiger partial charge in [-0.05, 0) is 48.1 Å². The molecule has 6 nitrogen and oxygen atoms in total. The number of amides is 1. The minimum absolute atomic E-state index is 0.0328. The van der Waals surface area contributed by atoms with Crippen molar-refractivity contribution < 1.29 is 9.53 Å². The van der Waals surface area contributed by atoms with Crippen LogP contribution >= 0.6 is 34.9 Å². The Morgan fingerprint density at radius 3 is 2.65 bits per heavy atom. The van der Waals surface area contributed by atoms with Crippen molar-refractivity contribution in [2.24, 2.45) is 0 Å².